The van der Waals surface area contributed by atoms with E-state index in [1.165, 1.54) is 36.4 Å². The molecule has 0 spiro atoms. The first-order valence-electron chi connectivity index (χ1n) is 15.5. The van der Waals surface area contributed by atoms with E-state index in [9.17, 15) is 55.2 Å². The summed E-state index contributed by atoms with van der Waals surface area (Å²) in [6.45, 7) is 7.15. The quantitative estimate of drug-likeness (QED) is 0.207. The van der Waals surface area contributed by atoms with Crippen LogP contribution in [0.2, 0.25) is 0 Å². The van der Waals surface area contributed by atoms with Crippen molar-refractivity contribution in [3.63, 3.8) is 0 Å². The average molecular weight is 677 g/mol. The maximum absolute atomic E-state index is 14.1. The van der Waals surface area contributed by atoms with Crippen molar-refractivity contribution in [3.8, 4) is 12.1 Å². The zero-order valence-electron chi connectivity index (χ0n) is 27.6. The van der Waals surface area contributed by atoms with E-state index in [1.807, 2.05) is 12.1 Å². The Morgan fingerprint density at radius 2 is 1.42 bits per heavy atom. The lowest BCUT2D eigenvalue weighted by Gasteiger charge is -2.36. The summed E-state index contributed by atoms with van der Waals surface area (Å²) in [5.74, 6) is -4.99. The Kier molecular flexibility index (Phi) is 8.73. The maximum atomic E-state index is 14.1. The highest BCUT2D eigenvalue weighted by Gasteiger charge is 2.47. The molecule has 4 N–H and O–H groups in total. The van der Waals surface area contributed by atoms with Crippen molar-refractivity contribution in [1.29, 1.82) is 10.5 Å². The normalized spacial score (nSPS) is 18.4. The minimum Gasteiger partial charge on any atom is -0.872 e. The second-order valence-corrected chi connectivity index (χ2v) is 13.1. The van der Waals surface area contributed by atoms with Gasteiger partial charge in [-0.25, -0.2) is 9.59 Å². The summed E-state index contributed by atoms with van der Waals surface area (Å²) < 4.78 is 1.69. The van der Waals surface area contributed by atoms with Crippen molar-refractivity contribution < 1.29 is 49.3 Å². The molecule has 5 rings (SSSR count). The van der Waals surface area contributed by atoms with Gasteiger partial charge in [0.2, 0.25) is 5.69 Å². The van der Waals surface area contributed by atoms with E-state index in [-0.39, 0.29) is 59.4 Å². The number of benzene rings is 2. The van der Waals surface area contributed by atoms with E-state index in [2.05, 4.69) is 0 Å². The summed E-state index contributed by atoms with van der Waals surface area (Å²) in [7, 11) is 0. The molecule has 0 radical (unpaired) electrons. The molecule has 2 aromatic carbocycles. The molecule has 0 amide bonds. The molecule has 2 heterocycles. The fourth-order valence-electron chi connectivity index (χ4n) is 6.84. The number of nitriles is 2. The summed E-state index contributed by atoms with van der Waals surface area (Å²) in [5.41, 5.74) is 1.07. The number of carboxylic acid groups (broad SMARTS) is 4. The molecule has 254 valence electrons. The lowest BCUT2D eigenvalue weighted by molar-refractivity contribution is -0.436. The third-order valence-corrected chi connectivity index (χ3v) is 9.44. The maximum Gasteiger partial charge on any atom is 0.335 e. The van der Waals surface area contributed by atoms with Gasteiger partial charge in [0.25, 0.3) is 0 Å². The molecule has 2 aromatic rings. The smallest absolute Gasteiger partial charge is 0.335 e. The van der Waals surface area contributed by atoms with Crippen LogP contribution in [0.15, 0.2) is 82.3 Å². The van der Waals surface area contributed by atoms with E-state index in [0.717, 1.165) is 0 Å². The van der Waals surface area contributed by atoms with Crippen molar-refractivity contribution in [3.05, 3.63) is 105 Å². The highest BCUT2D eigenvalue weighted by atomic mass is 16.4. The molecule has 0 aromatic heterocycles. The molecule has 0 saturated carbocycles. The molecule has 13 heteroatoms. The Hall–Kier alpha value is -6.47. The first kappa shape index (κ1) is 34.9. The molecule has 50 heavy (non-hydrogen) atoms. The topological polar surface area (TPSA) is 226 Å². The summed E-state index contributed by atoms with van der Waals surface area (Å²) in [6, 6.07) is 12.7. The Labute approximate surface area is 286 Å². The van der Waals surface area contributed by atoms with E-state index < -0.39 is 40.5 Å². The van der Waals surface area contributed by atoms with Gasteiger partial charge < -0.3 is 30.4 Å². The van der Waals surface area contributed by atoms with Gasteiger partial charge >= 0.3 is 23.9 Å². The first-order valence-corrected chi connectivity index (χ1v) is 15.5. The highest BCUT2D eigenvalue weighted by Crippen LogP contribution is 2.51. The summed E-state index contributed by atoms with van der Waals surface area (Å²) in [6.07, 6.45) is 2.45. The molecule has 2 aliphatic heterocycles. The van der Waals surface area contributed by atoms with Crippen LogP contribution in [0.5, 0.6) is 0 Å². The highest BCUT2D eigenvalue weighted by molar-refractivity contribution is 6.06. The number of nitrogens with zero attached hydrogens (tertiary/aromatic N) is 4. The Bertz CT molecular complexity index is 2150. The van der Waals surface area contributed by atoms with Crippen molar-refractivity contribution in [1.82, 2.24) is 0 Å². The molecule has 1 aliphatic carbocycles. The molecular weight excluding hydrogens is 644 g/mol. The van der Waals surface area contributed by atoms with Crippen LogP contribution in [-0.4, -0.2) is 67.7 Å². The van der Waals surface area contributed by atoms with Crippen molar-refractivity contribution in [2.45, 2.75) is 51.4 Å². The monoisotopic (exact) mass is 676 g/mol. The Morgan fingerprint density at radius 3 is 1.98 bits per heavy atom. The number of rotatable bonds is 10. The molecule has 3 aliphatic rings. The van der Waals surface area contributed by atoms with Crippen LogP contribution in [0.25, 0.3) is 0 Å². The van der Waals surface area contributed by atoms with Gasteiger partial charge in [0.1, 0.15) is 24.1 Å². The van der Waals surface area contributed by atoms with Crippen molar-refractivity contribution in [2.24, 2.45) is 0 Å². The Morgan fingerprint density at radius 1 is 0.840 bits per heavy atom. The van der Waals surface area contributed by atoms with Crippen molar-refractivity contribution >= 4 is 41.0 Å². The van der Waals surface area contributed by atoms with Crippen LogP contribution >= 0.6 is 0 Å². The van der Waals surface area contributed by atoms with Crippen LogP contribution < -0.4 is 10.0 Å². The number of aliphatic carboxylic acids is 2. The van der Waals surface area contributed by atoms with Gasteiger partial charge in [0.05, 0.1) is 23.0 Å². The second kappa shape index (κ2) is 12.5. The van der Waals surface area contributed by atoms with Gasteiger partial charge in [-0.05, 0) is 67.0 Å². The van der Waals surface area contributed by atoms with E-state index in [4.69, 9.17) is 0 Å². The van der Waals surface area contributed by atoms with E-state index >= 15 is 0 Å². The molecule has 0 saturated heterocycles. The number of fused-ring (bicyclic) bond motifs is 2. The van der Waals surface area contributed by atoms with Crippen LogP contribution in [0.4, 0.5) is 11.4 Å². The average Bonchev–Trinajstić information content (AvgIpc) is 3.40. The van der Waals surface area contributed by atoms with Gasteiger partial charge in [-0.3, -0.25) is 9.59 Å². The molecule has 0 fully saturated rings. The number of allylic oxidation sites excluding steroid dienone is 6. The fourth-order valence-corrected chi connectivity index (χ4v) is 6.84. The van der Waals surface area contributed by atoms with Crippen molar-refractivity contribution in [2.75, 3.05) is 18.0 Å². The second-order valence-electron chi connectivity index (χ2n) is 13.1. The van der Waals surface area contributed by atoms with Gasteiger partial charge in [0.15, 0.2) is 12.3 Å². The van der Waals surface area contributed by atoms with E-state index in [1.54, 1.807) is 49.3 Å². The van der Waals surface area contributed by atoms with Gasteiger partial charge in [-0.2, -0.15) is 15.1 Å². The minimum atomic E-state index is -1.15. The lowest BCUT2D eigenvalue weighted by Crippen LogP contribution is -2.32. The number of hydrogen-bond acceptors (Lipinski definition) is 8. The number of carbonyl (C=O) groups is 4. The SMILES string of the molecule is CC1(C)C(/C=C2C([O-])=C(/C=C3\N(CCC(=O)O)c4ccc(C(=O)O)cc4C3(C)C)C\2=C(C#N)C#N)=[N+](CCC(=O)O)c2ccc(C(=O)O)cc21. The predicted octanol–water partition coefficient (Wildman–Crippen LogP) is 3.99. The molecule has 0 unspecified atom stereocenters. The van der Waals surface area contributed by atoms with Crippen LogP contribution in [-0.2, 0) is 20.4 Å². The predicted molar refractivity (Wildman–Crippen MR) is 176 cm³/mol. The lowest BCUT2D eigenvalue weighted by atomic mass is 9.74. The minimum absolute atomic E-state index is 0.0160. The molecule has 0 bridgehead atoms. The number of hydrogen-bond donors (Lipinski definition) is 4. The van der Waals surface area contributed by atoms with Gasteiger partial charge in [0, 0.05) is 46.6 Å². The van der Waals surface area contributed by atoms with Crippen LogP contribution in [0, 0.1) is 22.7 Å². The summed E-state index contributed by atoms with van der Waals surface area (Å²) in [4.78, 5) is 48.5. The standard InChI is InChI=1S/C37H32N4O9/c1-36(2)24-13-19(34(47)48)5-7-26(24)40(11-9-30(42)43)28(36)15-22-32(21(17-38)18-39)23(33(22)46)16-29-37(3,4)25-14-20(35(49)50)6-8-27(25)41(29)12-10-31(44)45/h5-8,13-16H,9-12H2,1-4H3,(H4-,42,43,44,45,46,47,48,49,50). The fraction of sp³-hybridized carbons (Fsp3) is 0.270. The zero-order valence-corrected chi connectivity index (χ0v) is 27.6. The van der Waals surface area contributed by atoms with Crippen LogP contribution in [0.3, 0.4) is 0 Å². The zero-order chi connectivity index (χ0) is 36.9. The summed E-state index contributed by atoms with van der Waals surface area (Å²) >= 11 is 0. The largest absolute Gasteiger partial charge is 0.872 e. The van der Waals surface area contributed by atoms with Gasteiger partial charge in [-0.15, -0.1) is 0 Å². The third-order valence-electron chi connectivity index (χ3n) is 9.44. The van der Waals surface area contributed by atoms with Crippen LogP contribution in [0.1, 0.15) is 72.4 Å². The summed E-state index contributed by atoms with van der Waals surface area (Å²) in [5, 5.41) is 72.3. The Balaban J connectivity index is 1.73. The third kappa shape index (κ3) is 5.69. The first-order chi connectivity index (χ1) is 23.4. The number of anilines is 1. The van der Waals surface area contributed by atoms with Gasteiger partial charge in [-0.1, -0.05) is 19.6 Å². The van der Waals surface area contributed by atoms with E-state index in [0.29, 0.717) is 33.9 Å². The molecular formula is C37H32N4O9. The number of carboxylic acids is 4. The number of aromatic carboxylic acids is 2. The molecule has 0 atom stereocenters. The molecule has 13 nitrogen and oxygen atoms in total.